The molecule has 26 heavy (non-hydrogen) atoms. The molecule has 1 N–H and O–H groups in total. The molecule has 1 aromatic rings. The topological polar surface area (TPSA) is 94.2 Å². The number of morpholine rings is 1. The van der Waals surface area contributed by atoms with Crippen LogP contribution in [0.4, 0.5) is 0 Å². The molecule has 2 aliphatic heterocycles. The molecule has 1 aromatic carbocycles. The Morgan fingerprint density at radius 1 is 1.31 bits per heavy atom. The van der Waals surface area contributed by atoms with Gasteiger partial charge in [0.1, 0.15) is 10.6 Å². The number of benzene rings is 1. The number of carbonyl (C=O) groups excluding carboxylic acids is 1. The fourth-order valence-corrected chi connectivity index (χ4v) is 4.65. The third kappa shape index (κ3) is 4.17. The van der Waals surface area contributed by atoms with Crippen molar-refractivity contribution in [3.63, 3.8) is 0 Å². The van der Waals surface area contributed by atoms with E-state index in [9.17, 15) is 13.2 Å². The molecule has 3 rings (SSSR count). The van der Waals surface area contributed by atoms with E-state index in [0.717, 1.165) is 12.8 Å². The molecule has 8 nitrogen and oxygen atoms in total. The van der Waals surface area contributed by atoms with Gasteiger partial charge in [0.25, 0.3) is 5.91 Å². The number of methoxy groups -OCH3 is 1. The maximum atomic E-state index is 12.9. The van der Waals surface area contributed by atoms with Gasteiger partial charge in [0, 0.05) is 31.8 Å². The van der Waals surface area contributed by atoms with E-state index < -0.39 is 10.0 Å². The summed E-state index contributed by atoms with van der Waals surface area (Å²) in [6.07, 6.45) is 1.93. The molecular weight excluding hydrogens is 360 g/mol. The SMILES string of the molecule is COc1ccc(C(=O)NC[C@@H]2CCCO2)cc1S(=O)(=O)N1CCOCC1. The van der Waals surface area contributed by atoms with Crippen molar-refractivity contribution in [1.29, 1.82) is 0 Å². The lowest BCUT2D eigenvalue weighted by Gasteiger charge is -2.26. The van der Waals surface area contributed by atoms with E-state index in [1.54, 1.807) is 6.07 Å². The van der Waals surface area contributed by atoms with Gasteiger partial charge in [-0.05, 0) is 31.0 Å². The molecule has 0 aliphatic carbocycles. The first-order valence-corrected chi connectivity index (χ1v) is 10.1. The normalized spacial score (nSPS) is 21.5. The molecule has 2 heterocycles. The van der Waals surface area contributed by atoms with Gasteiger partial charge >= 0.3 is 0 Å². The van der Waals surface area contributed by atoms with E-state index in [0.29, 0.717) is 26.4 Å². The summed E-state index contributed by atoms with van der Waals surface area (Å²) in [5, 5.41) is 2.80. The molecule has 9 heteroatoms. The smallest absolute Gasteiger partial charge is 0.251 e. The number of nitrogens with zero attached hydrogens (tertiary/aromatic N) is 1. The molecule has 0 unspecified atom stereocenters. The highest BCUT2D eigenvalue weighted by Gasteiger charge is 2.30. The molecule has 2 saturated heterocycles. The van der Waals surface area contributed by atoms with E-state index in [-0.39, 0.29) is 41.3 Å². The van der Waals surface area contributed by atoms with Crippen LogP contribution in [0.15, 0.2) is 23.1 Å². The summed E-state index contributed by atoms with van der Waals surface area (Å²) in [4.78, 5) is 12.4. The number of carbonyl (C=O) groups is 1. The molecular formula is C17H24N2O6S. The monoisotopic (exact) mass is 384 g/mol. The van der Waals surface area contributed by atoms with Gasteiger partial charge in [0.05, 0.1) is 26.4 Å². The minimum absolute atomic E-state index is 0.00772. The first-order chi connectivity index (χ1) is 12.5. The minimum Gasteiger partial charge on any atom is -0.495 e. The zero-order valence-corrected chi connectivity index (χ0v) is 15.6. The second kappa shape index (κ2) is 8.34. The quantitative estimate of drug-likeness (QED) is 0.773. The van der Waals surface area contributed by atoms with Gasteiger partial charge in [0.2, 0.25) is 10.0 Å². The Bertz CT molecular complexity index is 740. The average molecular weight is 384 g/mol. The van der Waals surface area contributed by atoms with Crippen LogP contribution < -0.4 is 10.1 Å². The average Bonchev–Trinajstić information content (AvgIpc) is 3.20. The zero-order chi connectivity index (χ0) is 18.6. The Labute approximate surface area is 153 Å². The number of sulfonamides is 1. The van der Waals surface area contributed by atoms with Gasteiger partial charge in [-0.25, -0.2) is 8.42 Å². The molecule has 0 aromatic heterocycles. The van der Waals surface area contributed by atoms with Gasteiger partial charge in [0.15, 0.2) is 0 Å². The highest BCUT2D eigenvalue weighted by molar-refractivity contribution is 7.89. The number of rotatable bonds is 6. The predicted molar refractivity (Wildman–Crippen MR) is 93.9 cm³/mol. The maximum Gasteiger partial charge on any atom is 0.251 e. The van der Waals surface area contributed by atoms with Crippen molar-refractivity contribution < 1.29 is 27.4 Å². The maximum absolute atomic E-state index is 12.9. The van der Waals surface area contributed by atoms with Crippen molar-refractivity contribution in [3.8, 4) is 5.75 Å². The Balaban J connectivity index is 1.80. The number of ether oxygens (including phenoxy) is 3. The second-order valence-corrected chi connectivity index (χ2v) is 8.13. The Kier molecular flexibility index (Phi) is 6.13. The van der Waals surface area contributed by atoms with E-state index >= 15 is 0 Å². The van der Waals surface area contributed by atoms with Crippen LogP contribution in [-0.2, 0) is 19.5 Å². The lowest BCUT2D eigenvalue weighted by molar-refractivity contribution is 0.0729. The summed E-state index contributed by atoms with van der Waals surface area (Å²) >= 11 is 0. The molecule has 0 radical (unpaired) electrons. The Morgan fingerprint density at radius 2 is 2.08 bits per heavy atom. The van der Waals surface area contributed by atoms with Crippen LogP contribution in [0.2, 0.25) is 0 Å². The highest BCUT2D eigenvalue weighted by Crippen LogP contribution is 2.28. The van der Waals surface area contributed by atoms with Crippen molar-refractivity contribution in [2.24, 2.45) is 0 Å². The standard InChI is InChI=1S/C17H24N2O6S/c1-23-15-5-4-13(17(20)18-12-14-3-2-8-25-14)11-16(15)26(21,22)19-6-9-24-10-7-19/h4-5,11,14H,2-3,6-10,12H2,1H3,(H,18,20)/t14-/m0/s1. The lowest BCUT2D eigenvalue weighted by atomic mass is 10.2. The highest BCUT2D eigenvalue weighted by atomic mass is 32.2. The predicted octanol–water partition coefficient (Wildman–Crippen LogP) is 0.625. The molecule has 2 fully saturated rings. The molecule has 1 atom stereocenters. The third-order valence-corrected chi connectivity index (χ3v) is 6.45. The van der Waals surface area contributed by atoms with Crippen molar-refractivity contribution in [2.75, 3.05) is 46.6 Å². The molecule has 0 bridgehead atoms. The van der Waals surface area contributed by atoms with Crippen LogP contribution in [0.3, 0.4) is 0 Å². The van der Waals surface area contributed by atoms with Gasteiger partial charge < -0.3 is 19.5 Å². The minimum atomic E-state index is -3.77. The van der Waals surface area contributed by atoms with Gasteiger partial charge in [-0.3, -0.25) is 4.79 Å². The van der Waals surface area contributed by atoms with Gasteiger partial charge in [-0.15, -0.1) is 0 Å². The fourth-order valence-electron chi connectivity index (χ4n) is 3.06. The summed E-state index contributed by atoms with van der Waals surface area (Å²) in [5.74, 6) is -0.117. The van der Waals surface area contributed by atoms with E-state index in [1.165, 1.54) is 23.5 Å². The van der Waals surface area contributed by atoms with Crippen LogP contribution >= 0.6 is 0 Å². The van der Waals surface area contributed by atoms with Crippen LogP contribution in [-0.4, -0.2) is 71.3 Å². The summed E-state index contributed by atoms with van der Waals surface area (Å²) < 4.78 is 43.2. The molecule has 144 valence electrons. The first kappa shape index (κ1) is 19.1. The van der Waals surface area contributed by atoms with Crippen LogP contribution in [0.5, 0.6) is 5.75 Å². The fraction of sp³-hybridized carbons (Fsp3) is 0.588. The summed E-state index contributed by atoms with van der Waals surface area (Å²) in [5.41, 5.74) is 0.274. The molecule has 1 amide bonds. The van der Waals surface area contributed by atoms with Crippen LogP contribution in [0.25, 0.3) is 0 Å². The second-order valence-electron chi connectivity index (χ2n) is 6.23. The van der Waals surface area contributed by atoms with Crippen molar-refractivity contribution in [3.05, 3.63) is 23.8 Å². The van der Waals surface area contributed by atoms with Gasteiger partial charge in [-0.2, -0.15) is 4.31 Å². The molecule has 0 saturated carbocycles. The Morgan fingerprint density at radius 3 is 2.73 bits per heavy atom. The third-order valence-electron chi connectivity index (χ3n) is 4.53. The summed E-state index contributed by atoms with van der Waals surface area (Å²) in [7, 11) is -2.36. The molecule has 2 aliphatic rings. The van der Waals surface area contributed by atoms with Crippen molar-refractivity contribution in [1.82, 2.24) is 9.62 Å². The summed E-state index contributed by atoms with van der Waals surface area (Å²) in [6.45, 7) is 2.38. The number of nitrogens with one attached hydrogen (secondary N) is 1. The van der Waals surface area contributed by atoms with E-state index in [1.807, 2.05) is 0 Å². The number of hydrogen-bond donors (Lipinski definition) is 1. The van der Waals surface area contributed by atoms with Crippen LogP contribution in [0, 0.1) is 0 Å². The van der Waals surface area contributed by atoms with E-state index in [4.69, 9.17) is 14.2 Å². The summed E-state index contributed by atoms with van der Waals surface area (Å²) in [6, 6.07) is 4.44. The Hall–Kier alpha value is -1.68. The number of hydrogen-bond acceptors (Lipinski definition) is 6. The largest absolute Gasteiger partial charge is 0.495 e. The van der Waals surface area contributed by atoms with Gasteiger partial charge in [-0.1, -0.05) is 0 Å². The van der Waals surface area contributed by atoms with Crippen LogP contribution in [0.1, 0.15) is 23.2 Å². The molecule has 0 spiro atoms. The lowest BCUT2D eigenvalue weighted by Crippen LogP contribution is -2.40. The van der Waals surface area contributed by atoms with Crippen molar-refractivity contribution in [2.45, 2.75) is 23.8 Å². The first-order valence-electron chi connectivity index (χ1n) is 8.68. The number of amides is 1. The van der Waals surface area contributed by atoms with E-state index in [2.05, 4.69) is 5.32 Å². The zero-order valence-electron chi connectivity index (χ0n) is 14.8. The van der Waals surface area contributed by atoms with Crippen molar-refractivity contribution >= 4 is 15.9 Å².